The number of hydrogen-bond donors (Lipinski definition) is 0. The molecule has 0 aliphatic carbocycles. The van der Waals surface area contributed by atoms with E-state index in [0.717, 1.165) is 12.8 Å². The predicted molar refractivity (Wildman–Crippen MR) is 108 cm³/mol. The van der Waals surface area contributed by atoms with Crippen LogP contribution in [-0.2, 0) is 15.4 Å². The van der Waals surface area contributed by atoms with Gasteiger partial charge in [-0.2, -0.15) is 0 Å². The van der Waals surface area contributed by atoms with Crippen LogP contribution in [0.4, 0.5) is 0 Å². The van der Waals surface area contributed by atoms with Crippen LogP contribution >= 0.6 is 8.25 Å². The summed E-state index contributed by atoms with van der Waals surface area (Å²) in [5.41, 5.74) is 2.70. The number of benzene rings is 2. The van der Waals surface area contributed by atoms with Crippen LogP contribution in [0.25, 0.3) is 0 Å². The van der Waals surface area contributed by atoms with E-state index < -0.39 is 8.25 Å². The molecule has 0 unspecified atom stereocenters. The molecular weight excluding hydrogens is 343 g/mol. The predicted octanol–water partition coefficient (Wildman–Crippen LogP) is 7.18. The zero-order chi connectivity index (χ0) is 19.4. The number of rotatable bonds is 8. The highest BCUT2D eigenvalue weighted by atomic mass is 31.1. The van der Waals surface area contributed by atoms with Crippen LogP contribution in [0.15, 0.2) is 48.5 Å². The highest BCUT2D eigenvalue weighted by molar-refractivity contribution is 7.34. The van der Waals surface area contributed by atoms with E-state index in [2.05, 4.69) is 41.5 Å². The van der Waals surface area contributed by atoms with Crippen LogP contribution in [0.1, 0.15) is 65.5 Å². The van der Waals surface area contributed by atoms with Crippen LogP contribution < -0.4 is 9.05 Å². The van der Waals surface area contributed by atoms with Gasteiger partial charge in [0.2, 0.25) is 0 Å². The minimum Gasteiger partial charge on any atom is -0.222 e. The van der Waals surface area contributed by atoms with Gasteiger partial charge in [0.25, 0.3) is 0 Å². The fraction of sp³-hybridized carbons (Fsp3) is 0.455. The molecule has 0 N–H and O–H groups in total. The molecular formula is C22H30O3P+. The molecule has 0 fully saturated rings. The van der Waals surface area contributed by atoms with E-state index in [1.807, 2.05) is 48.5 Å². The summed E-state index contributed by atoms with van der Waals surface area (Å²) < 4.78 is 23.0. The van der Waals surface area contributed by atoms with Gasteiger partial charge in [0, 0.05) is 4.57 Å². The Labute approximate surface area is 158 Å². The lowest BCUT2D eigenvalue weighted by Gasteiger charge is -2.23. The van der Waals surface area contributed by atoms with Gasteiger partial charge in [-0.1, -0.05) is 65.8 Å². The minimum atomic E-state index is -2.27. The van der Waals surface area contributed by atoms with Crippen molar-refractivity contribution in [2.24, 2.45) is 0 Å². The molecule has 0 spiro atoms. The van der Waals surface area contributed by atoms with E-state index in [9.17, 15) is 4.57 Å². The van der Waals surface area contributed by atoms with Crippen LogP contribution in [0.3, 0.4) is 0 Å². The van der Waals surface area contributed by atoms with Gasteiger partial charge in [-0.3, -0.25) is 0 Å². The molecule has 0 saturated carbocycles. The summed E-state index contributed by atoms with van der Waals surface area (Å²) in [6.07, 6.45) is 2.10. The van der Waals surface area contributed by atoms with E-state index in [1.54, 1.807) is 0 Å². The molecule has 2 aromatic carbocycles. The van der Waals surface area contributed by atoms with E-state index in [4.69, 9.17) is 9.05 Å². The Morgan fingerprint density at radius 2 is 1.00 bits per heavy atom. The molecule has 0 aromatic heterocycles. The third-order valence-corrected chi connectivity index (χ3v) is 6.12. The van der Waals surface area contributed by atoms with Crippen molar-refractivity contribution in [3.63, 3.8) is 0 Å². The molecule has 0 radical (unpaired) electrons. The maximum atomic E-state index is 12.2. The fourth-order valence-corrected chi connectivity index (χ4v) is 3.16. The summed E-state index contributed by atoms with van der Waals surface area (Å²) in [6, 6.07) is 15.4. The molecule has 26 heavy (non-hydrogen) atoms. The zero-order valence-corrected chi connectivity index (χ0v) is 17.6. The Balaban J connectivity index is 1.98. The molecule has 0 saturated heterocycles. The molecule has 140 valence electrons. The Bertz CT molecular complexity index is 667. The summed E-state index contributed by atoms with van der Waals surface area (Å²) in [6.45, 7) is 13.2. The molecule has 0 amide bonds. The first-order valence-corrected chi connectivity index (χ1v) is 10.3. The van der Waals surface area contributed by atoms with E-state index in [0.29, 0.717) is 11.5 Å². The van der Waals surface area contributed by atoms with Gasteiger partial charge >= 0.3 is 8.25 Å². The first kappa shape index (κ1) is 20.5. The Hall–Kier alpha value is -1.86. The summed E-state index contributed by atoms with van der Waals surface area (Å²) >= 11 is 0. The van der Waals surface area contributed by atoms with Crippen molar-refractivity contribution in [2.45, 2.75) is 65.2 Å². The average Bonchev–Trinajstić information content (AvgIpc) is 2.62. The quantitative estimate of drug-likeness (QED) is 0.460. The second-order valence-electron chi connectivity index (χ2n) is 7.93. The standard InChI is InChI=1S/C22H30O3P/c1-7-21(3,4)17-9-13-19(14-10-17)24-26(23)25-20-15-11-18(12-16-20)22(5,6)8-2/h9-16H,7-8H2,1-6H3/q+1. The van der Waals surface area contributed by atoms with Crippen molar-refractivity contribution in [3.8, 4) is 11.5 Å². The van der Waals surface area contributed by atoms with E-state index in [-0.39, 0.29) is 10.8 Å². The Morgan fingerprint density at radius 3 is 1.27 bits per heavy atom. The smallest absolute Gasteiger partial charge is 0.222 e. The molecule has 0 aliphatic heterocycles. The highest BCUT2D eigenvalue weighted by Crippen LogP contribution is 2.34. The maximum absolute atomic E-state index is 12.2. The Morgan fingerprint density at radius 1 is 0.692 bits per heavy atom. The van der Waals surface area contributed by atoms with Crippen LogP contribution in [0.5, 0.6) is 11.5 Å². The third-order valence-electron chi connectivity index (χ3n) is 5.40. The summed E-state index contributed by atoms with van der Waals surface area (Å²) in [5, 5.41) is 0. The lowest BCUT2D eigenvalue weighted by molar-refractivity contribution is 0.415. The minimum absolute atomic E-state index is 0.116. The second kappa shape index (κ2) is 8.22. The Kier molecular flexibility index (Phi) is 6.47. The maximum Gasteiger partial charge on any atom is 0.805 e. The topological polar surface area (TPSA) is 35.5 Å². The lowest BCUT2D eigenvalue weighted by Crippen LogP contribution is -2.15. The molecule has 2 rings (SSSR count). The van der Waals surface area contributed by atoms with Gasteiger partial charge in [-0.25, -0.2) is 9.05 Å². The molecule has 0 aliphatic rings. The molecule has 2 aromatic rings. The molecule has 4 heteroatoms. The van der Waals surface area contributed by atoms with Crippen molar-refractivity contribution >= 4 is 8.25 Å². The number of hydrogen-bond acceptors (Lipinski definition) is 3. The van der Waals surface area contributed by atoms with Crippen molar-refractivity contribution in [1.29, 1.82) is 0 Å². The second-order valence-corrected chi connectivity index (χ2v) is 8.74. The highest BCUT2D eigenvalue weighted by Gasteiger charge is 2.26. The van der Waals surface area contributed by atoms with Gasteiger partial charge in [-0.15, -0.1) is 0 Å². The van der Waals surface area contributed by atoms with Gasteiger partial charge in [-0.05, 0) is 59.1 Å². The van der Waals surface area contributed by atoms with Crippen molar-refractivity contribution < 1.29 is 13.6 Å². The monoisotopic (exact) mass is 373 g/mol. The van der Waals surface area contributed by atoms with Crippen LogP contribution in [0.2, 0.25) is 0 Å². The SMILES string of the molecule is CCC(C)(C)c1ccc(O[P+](=O)Oc2ccc(C(C)(C)CC)cc2)cc1. The summed E-state index contributed by atoms with van der Waals surface area (Å²) in [4.78, 5) is 0. The van der Waals surface area contributed by atoms with Crippen molar-refractivity contribution in [2.75, 3.05) is 0 Å². The third kappa shape index (κ3) is 5.08. The van der Waals surface area contributed by atoms with Gasteiger partial charge in [0.1, 0.15) is 0 Å². The summed E-state index contributed by atoms with van der Waals surface area (Å²) in [7, 11) is -2.27. The summed E-state index contributed by atoms with van der Waals surface area (Å²) in [5.74, 6) is 1.09. The largest absolute Gasteiger partial charge is 0.805 e. The average molecular weight is 373 g/mol. The van der Waals surface area contributed by atoms with Crippen LogP contribution in [-0.4, -0.2) is 0 Å². The first-order chi connectivity index (χ1) is 12.2. The molecule has 3 nitrogen and oxygen atoms in total. The van der Waals surface area contributed by atoms with Crippen LogP contribution in [0, 0.1) is 0 Å². The first-order valence-electron chi connectivity index (χ1n) is 9.22. The normalized spacial score (nSPS) is 11.9. The zero-order valence-electron chi connectivity index (χ0n) is 16.7. The van der Waals surface area contributed by atoms with Gasteiger partial charge in [0.05, 0.1) is 0 Å². The van der Waals surface area contributed by atoms with Crippen molar-refractivity contribution in [3.05, 3.63) is 59.7 Å². The van der Waals surface area contributed by atoms with Gasteiger partial charge < -0.3 is 0 Å². The molecule has 0 atom stereocenters. The lowest BCUT2D eigenvalue weighted by atomic mass is 9.82. The van der Waals surface area contributed by atoms with Crippen molar-refractivity contribution in [1.82, 2.24) is 0 Å². The molecule has 0 bridgehead atoms. The fourth-order valence-electron chi connectivity index (χ4n) is 2.53. The molecule has 0 heterocycles. The van der Waals surface area contributed by atoms with E-state index in [1.165, 1.54) is 11.1 Å². The van der Waals surface area contributed by atoms with Gasteiger partial charge in [0.15, 0.2) is 11.5 Å². The van der Waals surface area contributed by atoms with E-state index >= 15 is 0 Å².